The molecule has 0 aromatic carbocycles. The fourth-order valence-electron chi connectivity index (χ4n) is 3.18. The van der Waals surface area contributed by atoms with Gasteiger partial charge in [0.1, 0.15) is 6.19 Å². The molecule has 0 bridgehead atoms. The van der Waals surface area contributed by atoms with E-state index < -0.39 is 8.32 Å². The summed E-state index contributed by atoms with van der Waals surface area (Å²) in [5.41, 5.74) is 0. The van der Waals surface area contributed by atoms with Crippen molar-refractivity contribution in [3.05, 3.63) is 12.2 Å². The van der Waals surface area contributed by atoms with Crippen LogP contribution in [0.4, 0.5) is 0 Å². The standard InChI is InChI=1S/C16H28BNO3Si/c1-16(2,3)22(4,5)21-10-14-12-8-6-7-9-13(12)15(20)18(14)17-11-19/h6-7,11-14,17H,8-10H2,1-5H3/t12?,13?,14-/m1/s1. The predicted octanol–water partition coefficient (Wildman–Crippen LogP) is 2.34. The van der Waals surface area contributed by atoms with Crippen molar-refractivity contribution in [1.29, 1.82) is 0 Å². The molecule has 4 nitrogen and oxygen atoms in total. The maximum Gasteiger partial charge on any atom is 0.313 e. The van der Waals surface area contributed by atoms with Crippen molar-refractivity contribution in [2.75, 3.05) is 6.61 Å². The molecule has 1 heterocycles. The van der Waals surface area contributed by atoms with Gasteiger partial charge >= 0.3 is 7.41 Å². The van der Waals surface area contributed by atoms with Gasteiger partial charge in [0.2, 0.25) is 5.91 Å². The van der Waals surface area contributed by atoms with E-state index in [1.807, 2.05) is 0 Å². The lowest BCUT2D eigenvalue weighted by atomic mass is 9.82. The first-order valence-corrected chi connectivity index (χ1v) is 11.1. The lowest BCUT2D eigenvalue weighted by Gasteiger charge is -2.38. The molecule has 0 spiro atoms. The van der Waals surface area contributed by atoms with Gasteiger partial charge in [-0.15, -0.1) is 0 Å². The highest BCUT2D eigenvalue weighted by molar-refractivity contribution is 6.74. The smallest absolute Gasteiger partial charge is 0.313 e. The summed E-state index contributed by atoms with van der Waals surface area (Å²) < 4.78 is 6.36. The molecular weight excluding hydrogens is 293 g/mol. The van der Waals surface area contributed by atoms with Crippen LogP contribution in [0.5, 0.6) is 0 Å². The second-order valence-corrected chi connectivity index (χ2v) is 12.8. The molecule has 0 N–H and O–H groups in total. The summed E-state index contributed by atoms with van der Waals surface area (Å²) in [4.78, 5) is 25.3. The summed E-state index contributed by atoms with van der Waals surface area (Å²) in [6, 6.07) is 0.0433. The topological polar surface area (TPSA) is 46.6 Å². The average molecular weight is 321 g/mol. The minimum atomic E-state index is -1.85. The van der Waals surface area contributed by atoms with Gasteiger partial charge < -0.3 is 14.0 Å². The number of hydrogen-bond acceptors (Lipinski definition) is 3. The zero-order valence-corrected chi connectivity index (χ0v) is 15.5. The highest BCUT2D eigenvalue weighted by Crippen LogP contribution is 2.41. The van der Waals surface area contributed by atoms with Crippen molar-refractivity contribution in [2.24, 2.45) is 11.8 Å². The van der Waals surface area contributed by atoms with Crippen molar-refractivity contribution in [3.8, 4) is 0 Å². The Morgan fingerprint density at radius 1 is 1.36 bits per heavy atom. The predicted molar refractivity (Wildman–Crippen MR) is 93.0 cm³/mol. The zero-order chi connectivity index (χ0) is 16.5. The van der Waals surface area contributed by atoms with Crippen LogP contribution in [0, 0.1) is 11.8 Å². The molecule has 2 rings (SSSR count). The van der Waals surface area contributed by atoms with Gasteiger partial charge in [-0.25, -0.2) is 0 Å². The molecule has 1 aliphatic carbocycles. The van der Waals surface area contributed by atoms with Crippen molar-refractivity contribution < 1.29 is 14.0 Å². The van der Waals surface area contributed by atoms with E-state index in [4.69, 9.17) is 4.43 Å². The summed E-state index contributed by atoms with van der Waals surface area (Å²) in [5, 5.41) is 0.150. The molecule has 122 valence electrons. The van der Waals surface area contributed by atoms with Crippen LogP contribution < -0.4 is 0 Å². The summed E-state index contributed by atoms with van der Waals surface area (Å²) in [6.45, 7) is 11.7. The van der Waals surface area contributed by atoms with E-state index in [9.17, 15) is 9.59 Å². The summed E-state index contributed by atoms with van der Waals surface area (Å²) in [5.74, 6) is 0.463. The number of allylic oxidation sites excluding steroid dienone is 2. The molecule has 2 aliphatic rings. The molecule has 0 radical (unpaired) electrons. The first-order valence-electron chi connectivity index (χ1n) is 8.22. The minimum Gasteiger partial charge on any atom is -0.415 e. The zero-order valence-electron chi connectivity index (χ0n) is 14.5. The first kappa shape index (κ1) is 17.5. The Morgan fingerprint density at radius 2 is 2.00 bits per heavy atom. The van der Waals surface area contributed by atoms with Gasteiger partial charge in [0.15, 0.2) is 8.32 Å². The maximum absolute atomic E-state index is 12.6. The molecule has 0 saturated carbocycles. The van der Waals surface area contributed by atoms with E-state index in [0.717, 1.165) is 19.0 Å². The number of nitrogens with zero attached hydrogens (tertiary/aromatic N) is 1. The number of hydrogen-bond donors (Lipinski definition) is 0. The molecule has 1 amide bonds. The second kappa shape index (κ2) is 6.32. The van der Waals surface area contributed by atoms with Crippen molar-refractivity contribution in [2.45, 2.75) is 57.8 Å². The van der Waals surface area contributed by atoms with Crippen molar-refractivity contribution in [3.63, 3.8) is 0 Å². The minimum absolute atomic E-state index is 0.0398. The third-order valence-electron chi connectivity index (χ3n) is 5.67. The SMILES string of the molecule is CC(C)(C)[Si](C)(C)OC[C@@H]1C2CC=CCC2C(=O)N1BC=O. The van der Waals surface area contributed by atoms with Crippen molar-refractivity contribution in [1.82, 2.24) is 4.81 Å². The Kier molecular flexibility index (Phi) is 5.02. The molecule has 3 atom stereocenters. The van der Waals surface area contributed by atoms with Gasteiger partial charge in [0.25, 0.3) is 0 Å². The van der Waals surface area contributed by atoms with Crippen LogP contribution >= 0.6 is 0 Å². The number of fused-ring (bicyclic) bond motifs is 1. The molecule has 1 saturated heterocycles. The van der Waals surface area contributed by atoms with Gasteiger partial charge in [-0.05, 0) is 36.9 Å². The van der Waals surface area contributed by atoms with Crippen LogP contribution in [-0.2, 0) is 14.0 Å². The Bertz CT molecular complexity index is 473. The van der Waals surface area contributed by atoms with E-state index in [1.54, 1.807) is 4.81 Å². The number of amides is 1. The average Bonchev–Trinajstić information content (AvgIpc) is 2.70. The Labute approximate surface area is 135 Å². The number of carbonyl (C=O) groups excluding carboxylic acids is 2. The summed E-state index contributed by atoms with van der Waals surface area (Å²) in [6.07, 6.45) is 6.81. The second-order valence-electron chi connectivity index (χ2n) is 8.01. The van der Waals surface area contributed by atoms with Gasteiger partial charge in [0, 0.05) is 12.0 Å². The summed E-state index contributed by atoms with van der Waals surface area (Å²) >= 11 is 0. The monoisotopic (exact) mass is 321 g/mol. The molecule has 1 aliphatic heterocycles. The fourth-order valence-corrected chi connectivity index (χ4v) is 4.20. The molecule has 6 heteroatoms. The van der Waals surface area contributed by atoms with E-state index in [-0.39, 0.29) is 30.3 Å². The largest absolute Gasteiger partial charge is 0.415 e. The lowest BCUT2D eigenvalue weighted by Crippen LogP contribution is -2.47. The quantitative estimate of drug-likeness (QED) is 0.444. The van der Waals surface area contributed by atoms with Crippen LogP contribution in [0.25, 0.3) is 0 Å². The van der Waals surface area contributed by atoms with Crippen LogP contribution in [0.2, 0.25) is 18.1 Å². The third kappa shape index (κ3) is 3.23. The van der Waals surface area contributed by atoms with E-state index in [1.165, 1.54) is 0 Å². The molecule has 0 aromatic rings. The number of carbonyl (C=O) groups is 2. The molecular formula is C16H28BNO3Si. The van der Waals surface area contributed by atoms with Crippen LogP contribution in [-0.4, -0.2) is 45.3 Å². The van der Waals surface area contributed by atoms with Gasteiger partial charge in [-0.2, -0.15) is 0 Å². The first-order chi connectivity index (χ1) is 10.2. The van der Waals surface area contributed by atoms with Crippen LogP contribution in [0.15, 0.2) is 12.2 Å². The van der Waals surface area contributed by atoms with E-state index >= 15 is 0 Å². The Hall–Kier alpha value is -0.878. The highest BCUT2D eigenvalue weighted by Gasteiger charge is 2.48. The highest BCUT2D eigenvalue weighted by atomic mass is 28.4. The van der Waals surface area contributed by atoms with Crippen molar-refractivity contribution >= 4 is 27.8 Å². The maximum atomic E-state index is 12.6. The number of rotatable bonds is 5. The normalized spacial score (nSPS) is 28.7. The van der Waals surface area contributed by atoms with Gasteiger partial charge in [0.05, 0.1) is 6.61 Å². The molecule has 2 unspecified atom stereocenters. The third-order valence-corrected chi connectivity index (χ3v) is 10.2. The Balaban J connectivity index is 2.14. The van der Waals surface area contributed by atoms with Crippen LogP contribution in [0.1, 0.15) is 33.6 Å². The van der Waals surface area contributed by atoms with Crippen LogP contribution in [0.3, 0.4) is 0 Å². The fraction of sp³-hybridized carbons (Fsp3) is 0.750. The molecule has 0 aromatic heterocycles. The van der Waals surface area contributed by atoms with E-state index in [0.29, 0.717) is 12.5 Å². The van der Waals surface area contributed by atoms with E-state index in [2.05, 4.69) is 46.0 Å². The van der Waals surface area contributed by atoms with Gasteiger partial charge in [-0.1, -0.05) is 32.9 Å². The summed E-state index contributed by atoms with van der Waals surface area (Å²) in [7, 11) is -1.66. The Morgan fingerprint density at radius 3 is 2.59 bits per heavy atom. The lowest BCUT2D eigenvalue weighted by molar-refractivity contribution is -0.128. The molecule has 22 heavy (non-hydrogen) atoms. The molecule has 1 fully saturated rings. The van der Waals surface area contributed by atoms with Gasteiger partial charge in [-0.3, -0.25) is 4.79 Å².